The standard InChI is InChI=1S/C28H35FN6O5S2/c1-34(14-12-30-25(36)5-3-2-4-24-26-21(17-41-24)32-28(38)33-26)15-13-31-27(37)18-6-11-23(22(16-18)35(39)40)42-20-9-7-19(29)8-10-20/h6-11,16,21,24,26H,2-5,12-15,17H2,1H3,(H,30,36)(H,31,37)(H2,32,33,38)/t21-,24-,26-/m0/s1. The molecule has 0 aliphatic carbocycles. The van der Waals surface area contributed by atoms with Crippen molar-refractivity contribution < 1.29 is 23.7 Å². The minimum atomic E-state index is -0.539. The topological polar surface area (TPSA) is 146 Å². The van der Waals surface area contributed by atoms with Crippen LogP contribution in [0.1, 0.15) is 36.0 Å². The number of thioether (sulfide) groups is 1. The predicted molar refractivity (Wildman–Crippen MR) is 160 cm³/mol. The molecule has 0 aromatic heterocycles. The van der Waals surface area contributed by atoms with Crippen LogP contribution in [0.5, 0.6) is 0 Å². The molecule has 4 rings (SSSR count). The molecule has 226 valence electrons. The van der Waals surface area contributed by atoms with Gasteiger partial charge < -0.3 is 26.2 Å². The van der Waals surface area contributed by atoms with Gasteiger partial charge in [-0.25, -0.2) is 9.18 Å². The zero-order valence-corrected chi connectivity index (χ0v) is 24.9. The van der Waals surface area contributed by atoms with Gasteiger partial charge >= 0.3 is 6.03 Å². The number of nitrogens with one attached hydrogen (secondary N) is 4. The highest BCUT2D eigenvalue weighted by Crippen LogP contribution is 2.35. The first-order chi connectivity index (χ1) is 20.2. The second kappa shape index (κ2) is 15.2. The summed E-state index contributed by atoms with van der Waals surface area (Å²) in [7, 11) is 1.88. The Morgan fingerprint density at radius 3 is 2.60 bits per heavy atom. The van der Waals surface area contributed by atoms with Crippen LogP contribution in [-0.2, 0) is 4.79 Å². The van der Waals surface area contributed by atoms with Crippen molar-refractivity contribution in [3.8, 4) is 0 Å². The highest BCUT2D eigenvalue weighted by molar-refractivity contribution is 8.00. The van der Waals surface area contributed by atoms with Gasteiger partial charge in [0.2, 0.25) is 5.91 Å². The number of hydrogen-bond donors (Lipinski definition) is 4. The van der Waals surface area contributed by atoms with Gasteiger partial charge in [0.15, 0.2) is 0 Å². The van der Waals surface area contributed by atoms with Crippen LogP contribution in [0.4, 0.5) is 14.9 Å². The Labute approximate surface area is 252 Å². The lowest BCUT2D eigenvalue weighted by Crippen LogP contribution is -2.37. The molecule has 0 radical (unpaired) electrons. The van der Waals surface area contributed by atoms with Crippen molar-refractivity contribution in [2.45, 2.75) is 52.8 Å². The summed E-state index contributed by atoms with van der Waals surface area (Å²) in [6, 6.07) is 10.2. The number of benzene rings is 2. The minimum Gasteiger partial charge on any atom is -0.355 e. The fraction of sp³-hybridized carbons (Fsp3) is 0.464. The largest absolute Gasteiger partial charge is 0.355 e. The van der Waals surface area contributed by atoms with Crippen molar-refractivity contribution in [1.29, 1.82) is 0 Å². The van der Waals surface area contributed by atoms with Crippen molar-refractivity contribution in [3.63, 3.8) is 0 Å². The van der Waals surface area contributed by atoms with Gasteiger partial charge in [-0.05, 0) is 56.3 Å². The van der Waals surface area contributed by atoms with E-state index in [1.807, 2.05) is 23.7 Å². The lowest BCUT2D eigenvalue weighted by Gasteiger charge is -2.17. The molecular formula is C28H35FN6O5S2. The van der Waals surface area contributed by atoms with E-state index in [0.717, 1.165) is 36.8 Å². The Bertz CT molecular complexity index is 1280. The third-order valence-corrected chi connectivity index (χ3v) is 9.72. The van der Waals surface area contributed by atoms with Gasteiger partial charge in [0.25, 0.3) is 11.6 Å². The number of urea groups is 1. The lowest BCUT2D eigenvalue weighted by atomic mass is 10.0. The summed E-state index contributed by atoms with van der Waals surface area (Å²) >= 11 is 3.00. The van der Waals surface area contributed by atoms with Gasteiger partial charge in [-0.15, -0.1) is 0 Å². The van der Waals surface area contributed by atoms with Crippen LogP contribution in [0.3, 0.4) is 0 Å². The molecule has 2 fully saturated rings. The fourth-order valence-corrected chi connectivity index (χ4v) is 7.28. The predicted octanol–water partition coefficient (Wildman–Crippen LogP) is 3.39. The third kappa shape index (κ3) is 9.07. The number of unbranched alkanes of at least 4 members (excludes halogenated alkanes) is 1. The van der Waals surface area contributed by atoms with Gasteiger partial charge in [-0.2, -0.15) is 11.8 Å². The number of nitro groups is 1. The smallest absolute Gasteiger partial charge is 0.315 e. The summed E-state index contributed by atoms with van der Waals surface area (Å²) in [6.07, 6.45) is 3.17. The molecule has 4 N–H and O–H groups in total. The maximum atomic E-state index is 13.2. The molecule has 14 heteroatoms. The number of amides is 4. The summed E-state index contributed by atoms with van der Waals surface area (Å²) in [5.74, 6) is 0.125. The van der Waals surface area contributed by atoms with E-state index < -0.39 is 16.6 Å². The number of carbonyl (C=O) groups is 3. The Hall–Kier alpha value is -3.36. The number of halogens is 1. The first-order valence-electron chi connectivity index (χ1n) is 13.8. The van der Waals surface area contributed by atoms with Crippen molar-refractivity contribution >= 4 is 47.1 Å². The Morgan fingerprint density at radius 1 is 1.12 bits per heavy atom. The summed E-state index contributed by atoms with van der Waals surface area (Å²) in [5.41, 5.74) is -0.0217. The first-order valence-corrected chi connectivity index (χ1v) is 15.7. The summed E-state index contributed by atoms with van der Waals surface area (Å²) in [6.45, 7) is 1.97. The molecule has 11 nitrogen and oxygen atoms in total. The molecule has 0 saturated carbocycles. The molecule has 2 aliphatic heterocycles. The monoisotopic (exact) mass is 618 g/mol. The van der Waals surface area contributed by atoms with E-state index in [2.05, 4.69) is 21.3 Å². The number of hydrogen-bond acceptors (Lipinski definition) is 8. The van der Waals surface area contributed by atoms with E-state index >= 15 is 0 Å². The molecule has 3 atom stereocenters. The quantitative estimate of drug-likeness (QED) is 0.103. The van der Waals surface area contributed by atoms with E-state index in [9.17, 15) is 28.9 Å². The third-order valence-electron chi connectivity index (χ3n) is 7.13. The van der Waals surface area contributed by atoms with Crippen LogP contribution in [0.15, 0.2) is 52.3 Å². The maximum Gasteiger partial charge on any atom is 0.315 e. The van der Waals surface area contributed by atoms with E-state index in [1.165, 1.54) is 42.5 Å². The van der Waals surface area contributed by atoms with Crippen LogP contribution in [0, 0.1) is 15.9 Å². The summed E-state index contributed by atoms with van der Waals surface area (Å²) in [4.78, 5) is 50.3. The van der Waals surface area contributed by atoms with E-state index in [0.29, 0.717) is 47.6 Å². The average molecular weight is 619 g/mol. The molecule has 0 bridgehead atoms. The van der Waals surface area contributed by atoms with Gasteiger partial charge in [0.05, 0.1) is 21.9 Å². The zero-order valence-electron chi connectivity index (χ0n) is 23.3. The lowest BCUT2D eigenvalue weighted by molar-refractivity contribution is -0.387. The van der Waals surface area contributed by atoms with Crippen molar-refractivity contribution in [2.24, 2.45) is 0 Å². The zero-order chi connectivity index (χ0) is 30.1. The molecule has 4 amide bonds. The number of likely N-dealkylation sites (N-methyl/N-ethyl adjacent to an activating group) is 1. The second-order valence-corrected chi connectivity index (χ2v) is 12.7. The molecule has 2 aromatic rings. The van der Waals surface area contributed by atoms with Gasteiger partial charge in [-0.3, -0.25) is 19.7 Å². The summed E-state index contributed by atoms with van der Waals surface area (Å²) in [5, 5.41) is 23.6. The molecule has 42 heavy (non-hydrogen) atoms. The SMILES string of the molecule is CN(CCNC(=O)CCCC[C@@H]1SC[C@@H]2NC(=O)N[C@@H]21)CCNC(=O)c1ccc(Sc2ccc(F)cc2)c([N+](=O)[O-])c1. The summed E-state index contributed by atoms with van der Waals surface area (Å²) < 4.78 is 13.2. The Kier molecular flexibility index (Phi) is 11.4. The van der Waals surface area contributed by atoms with Crippen LogP contribution in [0.25, 0.3) is 0 Å². The highest BCUT2D eigenvalue weighted by atomic mass is 32.2. The van der Waals surface area contributed by atoms with Gasteiger partial charge in [0, 0.05) is 60.1 Å². The second-order valence-electron chi connectivity index (χ2n) is 10.3. The van der Waals surface area contributed by atoms with Crippen molar-refractivity contribution in [1.82, 2.24) is 26.2 Å². The number of fused-ring (bicyclic) bond motifs is 1. The molecule has 2 aromatic carbocycles. The van der Waals surface area contributed by atoms with E-state index in [-0.39, 0.29) is 35.3 Å². The molecular weight excluding hydrogens is 583 g/mol. The number of nitro benzene ring substituents is 1. The Morgan fingerprint density at radius 2 is 1.86 bits per heavy atom. The van der Waals surface area contributed by atoms with Crippen LogP contribution in [-0.4, -0.2) is 84.0 Å². The maximum absolute atomic E-state index is 13.2. The van der Waals surface area contributed by atoms with E-state index in [1.54, 1.807) is 0 Å². The highest BCUT2D eigenvalue weighted by Gasteiger charge is 2.42. The molecule has 0 spiro atoms. The number of nitrogens with zero attached hydrogens (tertiary/aromatic N) is 2. The molecule has 2 aliphatic rings. The van der Waals surface area contributed by atoms with Gasteiger partial charge in [0.1, 0.15) is 5.82 Å². The molecule has 2 saturated heterocycles. The van der Waals surface area contributed by atoms with Crippen LogP contribution < -0.4 is 21.3 Å². The average Bonchev–Trinajstić information content (AvgIpc) is 3.51. The number of rotatable bonds is 15. The minimum absolute atomic E-state index is 0.00660. The molecule has 0 unspecified atom stereocenters. The van der Waals surface area contributed by atoms with Gasteiger partial charge in [-0.1, -0.05) is 18.2 Å². The van der Waals surface area contributed by atoms with Crippen LogP contribution >= 0.6 is 23.5 Å². The Balaban J connectivity index is 1.10. The first kappa shape index (κ1) is 31.6. The fourth-order valence-electron chi connectivity index (χ4n) is 4.84. The van der Waals surface area contributed by atoms with Crippen molar-refractivity contribution in [3.05, 3.63) is 64.0 Å². The van der Waals surface area contributed by atoms with Crippen molar-refractivity contribution in [2.75, 3.05) is 39.0 Å². The number of carbonyl (C=O) groups excluding carboxylic acids is 3. The molecule has 2 heterocycles. The van der Waals surface area contributed by atoms with Crippen LogP contribution in [0.2, 0.25) is 0 Å². The van der Waals surface area contributed by atoms with E-state index in [4.69, 9.17) is 0 Å². The normalized spacial score (nSPS) is 19.2.